The monoisotopic (exact) mass is 194 g/mol. The minimum absolute atomic E-state index is 0.0463. The van der Waals surface area contributed by atoms with E-state index in [0.29, 0.717) is 6.42 Å². The van der Waals surface area contributed by atoms with Crippen LogP contribution in [0.1, 0.15) is 24.7 Å². The van der Waals surface area contributed by atoms with E-state index < -0.39 is 11.9 Å². The van der Waals surface area contributed by atoms with E-state index in [1.54, 1.807) is 6.92 Å². The zero-order chi connectivity index (χ0) is 10.1. The second kappa shape index (κ2) is 3.27. The van der Waals surface area contributed by atoms with Gasteiger partial charge in [0.2, 0.25) is 5.76 Å². The normalized spacial score (nSPS) is 12.0. The van der Waals surface area contributed by atoms with E-state index in [1.165, 1.54) is 0 Å². The predicted molar refractivity (Wildman–Crippen MR) is 39.9 cm³/mol. The summed E-state index contributed by atoms with van der Waals surface area (Å²) in [5.41, 5.74) is 5.17. The number of nitrogens with two attached hydrogens (primary N) is 1. The summed E-state index contributed by atoms with van der Waals surface area (Å²) in [6, 6.07) is 0. The molecule has 0 saturated carbocycles. The molecule has 0 saturated heterocycles. The average Bonchev–Trinajstić information content (AvgIpc) is 2.32. The topological polar surface area (TPSA) is 52.0 Å². The molecule has 0 aromatic carbocycles. The zero-order valence-electron chi connectivity index (χ0n) is 6.98. The van der Waals surface area contributed by atoms with Crippen molar-refractivity contribution in [2.24, 2.45) is 0 Å². The van der Waals surface area contributed by atoms with Gasteiger partial charge in [-0.05, 0) is 6.42 Å². The second-order valence-corrected chi connectivity index (χ2v) is 2.62. The molecule has 0 fully saturated rings. The van der Waals surface area contributed by atoms with Crippen molar-refractivity contribution in [3.05, 3.63) is 11.3 Å². The molecule has 0 spiro atoms. The summed E-state index contributed by atoms with van der Waals surface area (Å²) in [6.07, 6.45) is -3.71. The molecule has 0 bridgehead atoms. The van der Waals surface area contributed by atoms with Gasteiger partial charge in [-0.3, -0.25) is 0 Å². The first-order chi connectivity index (χ1) is 5.96. The number of halogens is 3. The fourth-order valence-electron chi connectivity index (χ4n) is 1.04. The lowest BCUT2D eigenvalue weighted by atomic mass is 10.1. The molecule has 2 N–H and O–H groups in total. The smallest absolute Gasteiger partial charge is 0.381 e. The van der Waals surface area contributed by atoms with Gasteiger partial charge in [-0.15, -0.1) is 0 Å². The van der Waals surface area contributed by atoms with Gasteiger partial charge in [0, 0.05) is 5.56 Å². The number of alkyl halides is 3. The third kappa shape index (κ3) is 1.93. The molecule has 0 radical (unpaired) electrons. The summed E-state index contributed by atoms with van der Waals surface area (Å²) in [4.78, 5) is 0. The zero-order valence-corrected chi connectivity index (χ0v) is 6.98. The number of anilines is 1. The summed E-state index contributed by atoms with van der Waals surface area (Å²) >= 11 is 0. The minimum atomic E-state index is -4.50. The molecular formula is C7H9F3N2O. The van der Waals surface area contributed by atoms with E-state index in [1.807, 2.05) is 0 Å². The Hall–Kier alpha value is -1.20. The third-order valence-electron chi connectivity index (χ3n) is 1.58. The number of hydrogen-bond acceptors (Lipinski definition) is 3. The number of hydrogen-bond donors (Lipinski definition) is 1. The molecule has 0 amide bonds. The van der Waals surface area contributed by atoms with Crippen molar-refractivity contribution in [2.45, 2.75) is 25.9 Å². The lowest BCUT2D eigenvalue weighted by Gasteiger charge is -2.03. The van der Waals surface area contributed by atoms with Crippen molar-refractivity contribution in [1.82, 2.24) is 5.16 Å². The Labute approximate surface area is 72.7 Å². The highest BCUT2D eigenvalue weighted by atomic mass is 19.4. The van der Waals surface area contributed by atoms with Crippen LogP contribution < -0.4 is 5.73 Å². The molecule has 13 heavy (non-hydrogen) atoms. The summed E-state index contributed by atoms with van der Waals surface area (Å²) in [6.45, 7) is 1.76. The maximum atomic E-state index is 12.2. The second-order valence-electron chi connectivity index (χ2n) is 2.62. The molecule has 3 nitrogen and oxygen atoms in total. The largest absolute Gasteiger partial charge is 0.452 e. The van der Waals surface area contributed by atoms with Crippen molar-refractivity contribution in [3.63, 3.8) is 0 Å². The van der Waals surface area contributed by atoms with Crippen LogP contribution in [0.15, 0.2) is 4.52 Å². The van der Waals surface area contributed by atoms with Crippen LogP contribution in [-0.2, 0) is 12.6 Å². The van der Waals surface area contributed by atoms with Crippen molar-refractivity contribution >= 4 is 5.82 Å². The molecule has 1 aromatic rings. The van der Waals surface area contributed by atoms with Gasteiger partial charge in [0.1, 0.15) is 0 Å². The van der Waals surface area contributed by atoms with Gasteiger partial charge in [-0.2, -0.15) is 13.2 Å². The Morgan fingerprint density at radius 2 is 2.08 bits per heavy atom. The quantitative estimate of drug-likeness (QED) is 0.785. The molecule has 0 aliphatic carbocycles. The van der Waals surface area contributed by atoms with Crippen LogP contribution in [0.2, 0.25) is 0 Å². The van der Waals surface area contributed by atoms with Crippen molar-refractivity contribution < 1.29 is 17.7 Å². The molecule has 74 valence electrons. The predicted octanol–water partition coefficient (Wildman–Crippen LogP) is 2.23. The standard InChI is InChI=1S/C7H9F3N2O/c1-2-3-4-5(7(8,9)10)13-12-6(4)11/h2-3H2,1H3,(H2,11,12). The van der Waals surface area contributed by atoms with Crippen LogP contribution in [0.25, 0.3) is 0 Å². The molecular weight excluding hydrogens is 185 g/mol. The first-order valence-corrected chi connectivity index (χ1v) is 3.78. The van der Waals surface area contributed by atoms with E-state index in [9.17, 15) is 13.2 Å². The lowest BCUT2D eigenvalue weighted by Crippen LogP contribution is -2.07. The summed E-state index contributed by atoms with van der Waals surface area (Å²) in [5, 5.41) is 3.08. The van der Waals surface area contributed by atoms with Crippen LogP contribution >= 0.6 is 0 Å². The number of rotatable bonds is 2. The molecule has 1 heterocycles. The minimum Gasteiger partial charge on any atom is -0.381 e. The van der Waals surface area contributed by atoms with Crippen molar-refractivity contribution in [2.75, 3.05) is 5.73 Å². The van der Waals surface area contributed by atoms with Crippen LogP contribution in [0.3, 0.4) is 0 Å². The first-order valence-electron chi connectivity index (χ1n) is 3.78. The average molecular weight is 194 g/mol. The summed E-state index contributed by atoms with van der Waals surface area (Å²) in [7, 11) is 0. The fourth-order valence-corrected chi connectivity index (χ4v) is 1.04. The van der Waals surface area contributed by atoms with Gasteiger partial charge < -0.3 is 10.3 Å². The molecule has 0 unspecified atom stereocenters. The summed E-state index contributed by atoms with van der Waals surface area (Å²) < 4.78 is 40.7. The Morgan fingerprint density at radius 1 is 1.46 bits per heavy atom. The Morgan fingerprint density at radius 3 is 2.54 bits per heavy atom. The molecule has 0 atom stereocenters. The number of nitrogens with zero attached hydrogens (tertiary/aromatic N) is 1. The molecule has 1 rings (SSSR count). The van der Waals surface area contributed by atoms with Gasteiger partial charge in [-0.25, -0.2) is 0 Å². The SMILES string of the molecule is CCCc1c(N)noc1C(F)(F)F. The van der Waals surface area contributed by atoms with Gasteiger partial charge in [0.25, 0.3) is 0 Å². The maximum Gasteiger partial charge on any atom is 0.452 e. The number of nitrogen functional groups attached to an aromatic ring is 1. The van der Waals surface area contributed by atoms with Crippen molar-refractivity contribution in [3.8, 4) is 0 Å². The lowest BCUT2D eigenvalue weighted by molar-refractivity contribution is -0.156. The van der Waals surface area contributed by atoms with Crippen LogP contribution in [0.4, 0.5) is 19.0 Å². The van der Waals surface area contributed by atoms with E-state index in [4.69, 9.17) is 5.73 Å². The molecule has 0 aliphatic heterocycles. The highest BCUT2D eigenvalue weighted by molar-refractivity contribution is 5.41. The van der Waals surface area contributed by atoms with Gasteiger partial charge in [0.05, 0.1) is 0 Å². The summed E-state index contributed by atoms with van der Waals surface area (Å²) in [5.74, 6) is -1.25. The van der Waals surface area contributed by atoms with E-state index in [0.717, 1.165) is 0 Å². The van der Waals surface area contributed by atoms with Crippen LogP contribution in [0, 0.1) is 0 Å². The highest BCUT2D eigenvalue weighted by Gasteiger charge is 2.39. The third-order valence-corrected chi connectivity index (χ3v) is 1.58. The van der Waals surface area contributed by atoms with Crippen molar-refractivity contribution in [1.29, 1.82) is 0 Å². The highest BCUT2D eigenvalue weighted by Crippen LogP contribution is 2.34. The first kappa shape index (κ1) is 9.88. The van der Waals surface area contributed by atoms with E-state index in [2.05, 4.69) is 9.68 Å². The van der Waals surface area contributed by atoms with Gasteiger partial charge in [0.15, 0.2) is 5.82 Å². The molecule has 0 aliphatic rings. The Bertz CT molecular complexity index is 292. The fraction of sp³-hybridized carbons (Fsp3) is 0.571. The van der Waals surface area contributed by atoms with E-state index in [-0.39, 0.29) is 17.8 Å². The number of aromatic nitrogens is 1. The van der Waals surface area contributed by atoms with Gasteiger partial charge >= 0.3 is 6.18 Å². The van der Waals surface area contributed by atoms with E-state index >= 15 is 0 Å². The van der Waals surface area contributed by atoms with Crippen LogP contribution in [0.5, 0.6) is 0 Å². The Balaban J connectivity index is 3.07. The van der Waals surface area contributed by atoms with Crippen LogP contribution in [-0.4, -0.2) is 5.16 Å². The van der Waals surface area contributed by atoms with Gasteiger partial charge in [-0.1, -0.05) is 18.5 Å². The molecule has 6 heteroatoms. The Kier molecular flexibility index (Phi) is 2.49. The molecule has 1 aromatic heterocycles. The maximum absolute atomic E-state index is 12.2.